The second-order valence-electron chi connectivity index (χ2n) is 3.79. The molecular formula is C12H12BrN3O2. The summed E-state index contributed by atoms with van der Waals surface area (Å²) in [5.41, 5.74) is 1.79. The van der Waals surface area contributed by atoms with E-state index in [-0.39, 0.29) is 5.56 Å². The van der Waals surface area contributed by atoms with Crippen LogP contribution in [0.5, 0.6) is 0 Å². The van der Waals surface area contributed by atoms with Gasteiger partial charge in [-0.15, -0.1) is 0 Å². The van der Waals surface area contributed by atoms with Gasteiger partial charge in [-0.3, -0.25) is 4.68 Å². The van der Waals surface area contributed by atoms with E-state index in [9.17, 15) is 4.79 Å². The van der Waals surface area contributed by atoms with Crippen molar-refractivity contribution in [3.05, 3.63) is 46.2 Å². The first kappa shape index (κ1) is 12.6. The van der Waals surface area contributed by atoms with E-state index in [2.05, 4.69) is 26.3 Å². The van der Waals surface area contributed by atoms with Gasteiger partial charge in [0.15, 0.2) is 0 Å². The molecule has 1 heterocycles. The van der Waals surface area contributed by atoms with Crippen molar-refractivity contribution in [2.45, 2.75) is 6.54 Å². The molecule has 1 aromatic heterocycles. The number of carboxylic acids is 1. The van der Waals surface area contributed by atoms with Crippen LogP contribution in [0, 0.1) is 0 Å². The number of benzene rings is 1. The van der Waals surface area contributed by atoms with Crippen LogP contribution in [-0.2, 0) is 13.6 Å². The summed E-state index contributed by atoms with van der Waals surface area (Å²) in [5, 5.41) is 16.1. The molecule has 0 atom stereocenters. The van der Waals surface area contributed by atoms with Crippen LogP contribution in [0.25, 0.3) is 0 Å². The molecule has 0 amide bonds. The van der Waals surface area contributed by atoms with E-state index in [0.717, 1.165) is 10.2 Å². The van der Waals surface area contributed by atoms with Gasteiger partial charge in [-0.05, 0) is 24.3 Å². The SMILES string of the molecule is Cn1ncc(C(=O)O)c1CNc1ccc(Br)cc1. The Balaban J connectivity index is 2.12. The van der Waals surface area contributed by atoms with E-state index in [1.165, 1.54) is 6.20 Å². The van der Waals surface area contributed by atoms with Crippen LogP contribution in [-0.4, -0.2) is 20.9 Å². The molecule has 94 valence electrons. The van der Waals surface area contributed by atoms with Crippen LogP contribution >= 0.6 is 15.9 Å². The number of carboxylic acid groups (broad SMARTS) is 1. The van der Waals surface area contributed by atoms with Gasteiger partial charge in [-0.25, -0.2) is 4.79 Å². The number of aromatic nitrogens is 2. The lowest BCUT2D eigenvalue weighted by atomic mass is 10.2. The number of hydrogen-bond acceptors (Lipinski definition) is 3. The lowest BCUT2D eigenvalue weighted by Gasteiger charge is -2.08. The van der Waals surface area contributed by atoms with Gasteiger partial charge in [0.25, 0.3) is 0 Å². The average molecular weight is 310 g/mol. The molecule has 6 heteroatoms. The van der Waals surface area contributed by atoms with E-state index >= 15 is 0 Å². The second-order valence-corrected chi connectivity index (χ2v) is 4.71. The highest BCUT2D eigenvalue weighted by Crippen LogP contribution is 2.16. The standard InChI is InChI=1S/C12H12BrN3O2/c1-16-11(10(6-15-16)12(17)18)7-14-9-4-2-8(13)3-5-9/h2-6,14H,7H2,1H3,(H,17,18). The second kappa shape index (κ2) is 5.22. The van der Waals surface area contributed by atoms with Gasteiger partial charge in [-0.2, -0.15) is 5.10 Å². The molecule has 0 spiro atoms. The number of anilines is 1. The first-order chi connectivity index (χ1) is 8.58. The molecule has 0 saturated heterocycles. The van der Waals surface area contributed by atoms with Crippen molar-refractivity contribution in [3.63, 3.8) is 0 Å². The molecule has 0 aliphatic rings. The number of carbonyl (C=O) groups is 1. The Morgan fingerprint density at radius 2 is 2.11 bits per heavy atom. The number of nitrogens with zero attached hydrogens (tertiary/aromatic N) is 2. The largest absolute Gasteiger partial charge is 0.478 e. The molecular weight excluding hydrogens is 298 g/mol. The van der Waals surface area contributed by atoms with Crippen molar-refractivity contribution in [2.24, 2.45) is 7.05 Å². The Morgan fingerprint density at radius 3 is 2.72 bits per heavy atom. The maximum Gasteiger partial charge on any atom is 0.339 e. The van der Waals surface area contributed by atoms with Crippen molar-refractivity contribution in [2.75, 3.05) is 5.32 Å². The summed E-state index contributed by atoms with van der Waals surface area (Å²) < 4.78 is 2.56. The molecule has 0 aliphatic heterocycles. The van der Waals surface area contributed by atoms with Crippen LogP contribution < -0.4 is 5.32 Å². The first-order valence-electron chi connectivity index (χ1n) is 5.31. The van der Waals surface area contributed by atoms with E-state index in [1.807, 2.05) is 24.3 Å². The predicted molar refractivity (Wildman–Crippen MR) is 71.6 cm³/mol. The number of rotatable bonds is 4. The van der Waals surface area contributed by atoms with Gasteiger partial charge < -0.3 is 10.4 Å². The molecule has 0 fully saturated rings. The molecule has 0 aliphatic carbocycles. The summed E-state index contributed by atoms with van der Waals surface area (Å²) >= 11 is 3.36. The van der Waals surface area contributed by atoms with Crippen LogP contribution in [0.4, 0.5) is 5.69 Å². The number of halogens is 1. The van der Waals surface area contributed by atoms with E-state index < -0.39 is 5.97 Å². The van der Waals surface area contributed by atoms with E-state index in [0.29, 0.717) is 12.2 Å². The molecule has 2 N–H and O–H groups in total. The third-order valence-corrected chi connectivity index (χ3v) is 3.12. The zero-order chi connectivity index (χ0) is 13.1. The predicted octanol–water partition coefficient (Wildman–Crippen LogP) is 2.49. The summed E-state index contributed by atoms with van der Waals surface area (Å²) in [5.74, 6) is -0.962. The van der Waals surface area contributed by atoms with Crippen molar-refractivity contribution in [1.82, 2.24) is 9.78 Å². The van der Waals surface area contributed by atoms with Gasteiger partial charge in [0.1, 0.15) is 5.56 Å². The zero-order valence-electron chi connectivity index (χ0n) is 9.72. The maximum absolute atomic E-state index is 11.0. The molecule has 2 rings (SSSR count). The number of aryl methyl sites for hydroxylation is 1. The lowest BCUT2D eigenvalue weighted by molar-refractivity contribution is 0.0695. The van der Waals surface area contributed by atoms with Gasteiger partial charge in [0.2, 0.25) is 0 Å². The Bertz CT molecular complexity index is 563. The van der Waals surface area contributed by atoms with Gasteiger partial charge in [0, 0.05) is 17.2 Å². The first-order valence-corrected chi connectivity index (χ1v) is 6.11. The Hall–Kier alpha value is -1.82. The van der Waals surface area contributed by atoms with E-state index in [1.54, 1.807) is 11.7 Å². The molecule has 0 bridgehead atoms. The van der Waals surface area contributed by atoms with Crippen molar-refractivity contribution < 1.29 is 9.90 Å². The van der Waals surface area contributed by atoms with Crippen molar-refractivity contribution in [3.8, 4) is 0 Å². The third kappa shape index (κ3) is 2.70. The Kier molecular flexibility index (Phi) is 3.66. The minimum Gasteiger partial charge on any atom is -0.478 e. The normalized spacial score (nSPS) is 10.3. The van der Waals surface area contributed by atoms with E-state index in [4.69, 9.17) is 5.11 Å². The summed E-state index contributed by atoms with van der Waals surface area (Å²) in [6, 6.07) is 7.68. The monoisotopic (exact) mass is 309 g/mol. The number of aromatic carboxylic acids is 1. The number of nitrogens with one attached hydrogen (secondary N) is 1. The molecule has 0 unspecified atom stereocenters. The van der Waals surface area contributed by atoms with Crippen molar-refractivity contribution in [1.29, 1.82) is 0 Å². The van der Waals surface area contributed by atoms with Gasteiger partial charge >= 0.3 is 5.97 Å². The zero-order valence-corrected chi connectivity index (χ0v) is 11.3. The summed E-state index contributed by atoms with van der Waals surface area (Å²) in [6.07, 6.45) is 1.36. The highest BCUT2D eigenvalue weighted by atomic mass is 79.9. The Labute approximate surface area is 113 Å². The number of hydrogen-bond donors (Lipinski definition) is 2. The fraction of sp³-hybridized carbons (Fsp3) is 0.167. The average Bonchev–Trinajstić information content (AvgIpc) is 2.70. The minimum atomic E-state index is -0.962. The fourth-order valence-corrected chi connectivity index (χ4v) is 1.87. The Morgan fingerprint density at radius 1 is 1.44 bits per heavy atom. The summed E-state index contributed by atoms with van der Waals surface area (Å²) in [7, 11) is 1.73. The fourth-order valence-electron chi connectivity index (χ4n) is 1.60. The molecule has 0 saturated carbocycles. The minimum absolute atomic E-state index is 0.224. The molecule has 5 nitrogen and oxygen atoms in total. The van der Waals surface area contributed by atoms with Crippen LogP contribution in [0.2, 0.25) is 0 Å². The molecule has 2 aromatic rings. The van der Waals surface area contributed by atoms with Crippen LogP contribution in [0.3, 0.4) is 0 Å². The van der Waals surface area contributed by atoms with Crippen molar-refractivity contribution >= 4 is 27.6 Å². The van der Waals surface area contributed by atoms with Crippen LogP contribution in [0.15, 0.2) is 34.9 Å². The van der Waals surface area contributed by atoms with Gasteiger partial charge in [0.05, 0.1) is 18.4 Å². The lowest BCUT2D eigenvalue weighted by Crippen LogP contribution is -2.10. The smallest absolute Gasteiger partial charge is 0.339 e. The molecule has 18 heavy (non-hydrogen) atoms. The highest BCUT2D eigenvalue weighted by Gasteiger charge is 2.14. The van der Waals surface area contributed by atoms with Gasteiger partial charge in [-0.1, -0.05) is 15.9 Å². The topological polar surface area (TPSA) is 67.2 Å². The van der Waals surface area contributed by atoms with Crippen LogP contribution in [0.1, 0.15) is 16.1 Å². The quantitative estimate of drug-likeness (QED) is 0.910. The third-order valence-electron chi connectivity index (χ3n) is 2.60. The summed E-state index contributed by atoms with van der Waals surface area (Å²) in [4.78, 5) is 11.0. The highest BCUT2D eigenvalue weighted by molar-refractivity contribution is 9.10. The maximum atomic E-state index is 11.0. The molecule has 1 aromatic carbocycles. The summed E-state index contributed by atoms with van der Waals surface area (Å²) in [6.45, 7) is 0.416. The molecule has 0 radical (unpaired) electrons.